The molecule has 4 heteroatoms. The molecule has 0 radical (unpaired) electrons. The molecule has 0 saturated heterocycles. The minimum absolute atomic E-state index is 0.198. The Hall–Kier alpha value is -0.770. The monoisotopic (exact) mass is 214 g/mol. The predicted molar refractivity (Wildman–Crippen MR) is 66.6 cm³/mol. The number of guanidine groups is 1. The van der Waals surface area contributed by atoms with Crippen LogP contribution in [0.15, 0.2) is 4.99 Å². The van der Waals surface area contributed by atoms with Crippen LogP contribution in [0, 0.1) is 5.41 Å². The minimum atomic E-state index is 0.198. The number of aliphatic imine (C=N–C) groups is 1. The van der Waals surface area contributed by atoms with Gasteiger partial charge in [0, 0.05) is 19.1 Å². The molecule has 0 aromatic carbocycles. The van der Waals surface area contributed by atoms with Gasteiger partial charge in [0.1, 0.15) is 0 Å². The summed E-state index contributed by atoms with van der Waals surface area (Å²) in [6.45, 7) is 12.9. The largest absolute Gasteiger partial charge is 0.342 e. The van der Waals surface area contributed by atoms with Gasteiger partial charge >= 0.3 is 0 Å². The lowest BCUT2D eigenvalue weighted by atomic mass is 9.87. The molecule has 0 aliphatic carbocycles. The third-order valence-electron chi connectivity index (χ3n) is 2.68. The lowest BCUT2D eigenvalue weighted by Crippen LogP contribution is -2.50. The van der Waals surface area contributed by atoms with E-state index in [0.717, 1.165) is 5.96 Å². The van der Waals surface area contributed by atoms with Crippen molar-refractivity contribution in [3.63, 3.8) is 0 Å². The summed E-state index contributed by atoms with van der Waals surface area (Å²) in [7, 11) is 2.01. The molecule has 0 fully saturated rings. The second-order valence-corrected chi connectivity index (χ2v) is 5.34. The van der Waals surface area contributed by atoms with Crippen LogP contribution in [0.1, 0.15) is 41.5 Å². The van der Waals surface area contributed by atoms with E-state index in [0.29, 0.717) is 6.04 Å². The standard InChI is InChI=1S/C11H26N4/c1-8(2)13-10(14-12)15(7)9(3)11(4,5)6/h8-9H,12H2,1-7H3,(H,13,14). The molecular weight excluding hydrogens is 188 g/mol. The van der Waals surface area contributed by atoms with Crippen LogP contribution in [-0.4, -0.2) is 30.0 Å². The molecule has 15 heavy (non-hydrogen) atoms. The van der Waals surface area contributed by atoms with E-state index in [1.165, 1.54) is 0 Å². The normalized spacial score (nSPS) is 15.4. The molecule has 0 heterocycles. The number of rotatable bonds is 2. The maximum atomic E-state index is 5.48. The number of hydrogen-bond donors (Lipinski definition) is 2. The minimum Gasteiger partial charge on any atom is -0.342 e. The molecule has 0 rings (SSSR count). The van der Waals surface area contributed by atoms with E-state index in [-0.39, 0.29) is 11.5 Å². The maximum absolute atomic E-state index is 5.48. The van der Waals surface area contributed by atoms with Gasteiger partial charge in [-0.15, -0.1) is 0 Å². The highest BCUT2D eigenvalue weighted by atomic mass is 15.4. The van der Waals surface area contributed by atoms with Crippen LogP contribution in [0.4, 0.5) is 0 Å². The zero-order valence-corrected chi connectivity index (χ0v) is 11.1. The number of hydrogen-bond acceptors (Lipinski definition) is 2. The highest BCUT2D eigenvalue weighted by molar-refractivity contribution is 5.79. The second-order valence-electron chi connectivity index (χ2n) is 5.34. The molecular formula is C11H26N4. The van der Waals surface area contributed by atoms with Gasteiger partial charge in [-0.3, -0.25) is 5.43 Å². The van der Waals surface area contributed by atoms with Gasteiger partial charge in [-0.2, -0.15) is 0 Å². The fourth-order valence-corrected chi connectivity index (χ4v) is 1.24. The van der Waals surface area contributed by atoms with Crippen molar-refractivity contribution in [3.8, 4) is 0 Å². The van der Waals surface area contributed by atoms with Crippen molar-refractivity contribution in [2.24, 2.45) is 16.3 Å². The van der Waals surface area contributed by atoms with Crippen LogP contribution >= 0.6 is 0 Å². The molecule has 0 spiro atoms. The van der Waals surface area contributed by atoms with Crippen LogP contribution < -0.4 is 11.3 Å². The first-order chi connectivity index (χ1) is 6.70. The fraction of sp³-hybridized carbons (Fsp3) is 0.909. The van der Waals surface area contributed by atoms with Gasteiger partial charge in [0.05, 0.1) is 0 Å². The highest BCUT2D eigenvalue weighted by Crippen LogP contribution is 2.22. The summed E-state index contributed by atoms with van der Waals surface area (Å²) in [5.41, 5.74) is 2.86. The zero-order valence-electron chi connectivity index (χ0n) is 11.1. The fourth-order valence-electron chi connectivity index (χ4n) is 1.24. The van der Waals surface area contributed by atoms with Crippen LogP contribution in [-0.2, 0) is 0 Å². The van der Waals surface area contributed by atoms with Crippen molar-refractivity contribution in [2.75, 3.05) is 7.05 Å². The molecule has 0 amide bonds. The first-order valence-corrected chi connectivity index (χ1v) is 5.47. The van der Waals surface area contributed by atoms with Gasteiger partial charge in [0.2, 0.25) is 5.96 Å². The summed E-state index contributed by atoms with van der Waals surface area (Å²) in [6.07, 6.45) is 0. The van der Waals surface area contributed by atoms with Crippen LogP contribution in [0.2, 0.25) is 0 Å². The average Bonchev–Trinajstić information content (AvgIpc) is 2.10. The van der Waals surface area contributed by atoms with Crippen LogP contribution in [0.25, 0.3) is 0 Å². The Morgan fingerprint density at radius 1 is 1.27 bits per heavy atom. The zero-order chi connectivity index (χ0) is 12.2. The van der Waals surface area contributed by atoms with Crippen molar-refractivity contribution in [1.82, 2.24) is 10.3 Å². The molecule has 0 aromatic heterocycles. The number of nitrogens with zero attached hydrogens (tertiary/aromatic N) is 2. The van der Waals surface area contributed by atoms with E-state index in [1.54, 1.807) is 0 Å². The third-order valence-corrected chi connectivity index (χ3v) is 2.68. The molecule has 1 atom stereocenters. The Bertz CT molecular complexity index is 215. The van der Waals surface area contributed by atoms with Crippen molar-refractivity contribution in [1.29, 1.82) is 0 Å². The smallest absolute Gasteiger partial charge is 0.208 e. The number of hydrazine groups is 1. The summed E-state index contributed by atoms with van der Waals surface area (Å²) in [4.78, 5) is 6.52. The topological polar surface area (TPSA) is 53.6 Å². The highest BCUT2D eigenvalue weighted by Gasteiger charge is 2.25. The first kappa shape index (κ1) is 14.2. The predicted octanol–water partition coefficient (Wildman–Crippen LogP) is 1.58. The SMILES string of the molecule is CC(C)N=C(NN)N(C)C(C)C(C)(C)C. The maximum Gasteiger partial charge on any atom is 0.208 e. The lowest BCUT2D eigenvalue weighted by molar-refractivity contribution is 0.203. The second kappa shape index (κ2) is 5.35. The molecule has 90 valence electrons. The summed E-state index contributed by atoms with van der Waals surface area (Å²) in [5.74, 6) is 6.22. The van der Waals surface area contributed by atoms with Gasteiger partial charge in [0.15, 0.2) is 0 Å². The van der Waals surface area contributed by atoms with Crippen molar-refractivity contribution in [2.45, 2.75) is 53.6 Å². The molecule has 0 aliphatic rings. The summed E-state index contributed by atoms with van der Waals surface area (Å²) >= 11 is 0. The Balaban J connectivity index is 4.74. The van der Waals surface area contributed by atoms with Crippen LogP contribution in [0.5, 0.6) is 0 Å². The molecule has 0 saturated carbocycles. The van der Waals surface area contributed by atoms with Gasteiger partial charge in [-0.25, -0.2) is 10.8 Å². The van der Waals surface area contributed by atoms with E-state index < -0.39 is 0 Å². The number of nitrogens with one attached hydrogen (secondary N) is 1. The van der Waals surface area contributed by atoms with Crippen molar-refractivity contribution in [3.05, 3.63) is 0 Å². The molecule has 0 bridgehead atoms. The summed E-state index contributed by atoms with van der Waals surface area (Å²) < 4.78 is 0. The lowest BCUT2D eigenvalue weighted by Gasteiger charge is -2.37. The van der Waals surface area contributed by atoms with E-state index in [1.807, 2.05) is 20.9 Å². The molecule has 4 nitrogen and oxygen atoms in total. The van der Waals surface area contributed by atoms with Gasteiger partial charge in [-0.05, 0) is 26.2 Å². The Morgan fingerprint density at radius 3 is 2.00 bits per heavy atom. The quantitative estimate of drug-likeness (QED) is 0.317. The van der Waals surface area contributed by atoms with E-state index in [9.17, 15) is 0 Å². The average molecular weight is 214 g/mol. The third kappa shape index (κ3) is 4.51. The van der Waals surface area contributed by atoms with Crippen LogP contribution in [0.3, 0.4) is 0 Å². The van der Waals surface area contributed by atoms with E-state index in [4.69, 9.17) is 5.84 Å². The first-order valence-electron chi connectivity index (χ1n) is 5.47. The molecule has 1 unspecified atom stereocenters. The molecule has 3 N–H and O–H groups in total. The van der Waals surface area contributed by atoms with E-state index >= 15 is 0 Å². The molecule has 0 aliphatic heterocycles. The Kier molecular flexibility index (Phi) is 5.08. The van der Waals surface area contributed by atoms with Crippen molar-refractivity contribution < 1.29 is 0 Å². The van der Waals surface area contributed by atoms with Crippen molar-refractivity contribution >= 4 is 5.96 Å². The van der Waals surface area contributed by atoms with Gasteiger partial charge < -0.3 is 4.90 Å². The van der Waals surface area contributed by atoms with E-state index in [2.05, 4.69) is 43.0 Å². The number of nitrogens with two attached hydrogens (primary N) is 1. The Labute approximate surface area is 93.9 Å². The molecule has 0 aromatic rings. The van der Waals surface area contributed by atoms with Gasteiger partial charge in [-0.1, -0.05) is 20.8 Å². The summed E-state index contributed by atoms with van der Waals surface area (Å²) in [5, 5.41) is 0. The Morgan fingerprint density at radius 2 is 1.73 bits per heavy atom. The summed E-state index contributed by atoms with van der Waals surface area (Å²) in [6, 6.07) is 0.608. The van der Waals surface area contributed by atoms with Gasteiger partial charge in [0.25, 0.3) is 0 Å².